The summed E-state index contributed by atoms with van der Waals surface area (Å²) in [7, 11) is 0. The lowest BCUT2D eigenvalue weighted by molar-refractivity contribution is 0.399. The van der Waals surface area contributed by atoms with Gasteiger partial charge in [-0.05, 0) is 24.8 Å². The fourth-order valence-corrected chi connectivity index (χ4v) is 0.698. The Bertz CT molecular complexity index is 105. The quantitative estimate of drug-likeness (QED) is 0.580. The Morgan fingerprint density at radius 2 is 2.10 bits per heavy atom. The summed E-state index contributed by atoms with van der Waals surface area (Å²) in [5.41, 5.74) is 0. The van der Waals surface area contributed by atoms with Crippen LogP contribution in [0.2, 0.25) is 0 Å². The molecule has 0 bridgehead atoms. The summed E-state index contributed by atoms with van der Waals surface area (Å²) >= 11 is 0. The van der Waals surface area contributed by atoms with Gasteiger partial charge in [0.2, 0.25) is 0 Å². The largest absolute Gasteiger partial charge is 0.266 e. The summed E-state index contributed by atoms with van der Waals surface area (Å²) in [6, 6.07) is 0. The first-order valence-electron chi connectivity index (χ1n) is 3.25. The smallest absolute Gasteiger partial charge is 0.251 e. The summed E-state index contributed by atoms with van der Waals surface area (Å²) in [6.45, 7) is 1.22. The average molecular weight is 152 g/mol. The molecule has 0 nitrogen and oxygen atoms in total. The van der Waals surface area contributed by atoms with Crippen molar-refractivity contribution in [2.75, 3.05) is 6.67 Å². The van der Waals surface area contributed by atoms with Crippen molar-refractivity contribution < 1.29 is 13.2 Å². The minimum absolute atomic E-state index is 0.208. The van der Waals surface area contributed by atoms with E-state index in [2.05, 4.69) is 0 Å². The van der Waals surface area contributed by atoms with Crippen LogP contribution in [0, 0.1) is 5.92 Å². The van der Waals surface area contributed by atoms with Gasteiger partial charge in [0.15, 0.2) is 0 Å². The lowest BCUT2D eigenvalue weighted by Crippen LogP contribution is -1.90. The zero-order chi connectivity index (χ0) is 7.98. The molecule has 0 saturated heterocycles. The van der Waals surface area contributed by atoms with Crippen LogP contribution in [0.4, 0.5) is 13.2 Å². The molecule has 1 unspecified atom stereocenters. The molecule has 0 fully saturated rings. The molecule has 0 aliphatic heterocycles. The SMILES string of the molecule is CC(C=C(F)F)CCCF. The van der Waals surface area contributed by atoms with Crippen LogP contribution in [0.3, 0.4) is 0 Å². The predicted molar refractivity (Wildman–Crippen MR) is 34.7 cm³/mol. The third-order valence-corrected chi connectivity index (χ3v) is 1.20. The normalized spacial score (nSPS) is 12.8. The van der Waals surface area contributed by atoms with Gasteiger partial charge in [0.1, 0.15) is 0 Å². The molecule has 0 rings (SSSR count). The lowest BCUT2D eigenvalue weighted by Gasteiger charge is -2.00. The highest BCUT2D eigenvalue weighted by Gasteiger charge is 1.99. The van der Waals surface area contributed by atoms with E-state index in [4.69, 9.17) is 0 Å². The van der Waals surface area contributed by atoms with Crippen LogP contribution in [-0.2, 0) is 0 Å². The molecule has 0 heterocycles. The Labute approximate surface area is 58.7 Å². The number of rotatable bonds is 4. The third-order valence-electron chi connectivity index (χ3n) is 1.20. The molecule has 1 atom stereocenters. The van der Waals surface area contributed by atoms with E-state index in [9.17, 15) is 13.2 Å². The minimum Gasteiger partial charge on any atom is -0.251 e. The molecule has 0 saturated carbocycles. The third kappa shape index (κ3) is 5.66. The highest BCUT2D eigenvalue weighted by molar-refractivity contribution is 4.85. The topological polar surface area (TPSA) is 0 Å². The lowest BCUT2D eigenvalue weighted by atomic mass is 10.1. The van der Waals surface area contributed by atoms with Crippen molar-refractivity contribution in [1.29, 1.82) is 0 Å². The Morgan fingerprint density at radius 3 is 2.50 bits per heavy atom. The van der Waals surface area contributed by atoms with Crippen LogP contribution in [-0.4, -0.2) is 6.67 Å². The molecule has 0 aromatic rings. The standard InChI is InChI=1S/C7H11F3/c1-6(3-2-4-8)5-7(9)10/h5-6H,2-4H2,1H3. The van der Waals surface area contributed by atoms with E-state index in [1.54, 1.807) is 6.92 Å². The number of hydrogen-bond donors (Lipinski definition) is 0. The van der Waals surface area contributed by atoms with E-state index in [1.807, 2.05) is 0 Å². The molecule has 0 N–H and O–H groups in total. The van der Waals surface area contributed by atoms with E-state index < -0.39 is 12.8 Å². The maximum absolute atomic E-state index is 11.5. The first kappa shape index (κ1) is 9.53. The number of allylic oxidation sites excluding steroid dienone is 1. The highest BCUT2D eigenvalue weighted by atomic mass is 19.3. The first-order chi connectivity index (χ1) is 4.66. The molecule has 0 aromatic carbocycles. The molecule has 0 aromatic heterocycles. The minimum atomic E-state index is -1.67. The Hall–Kier alpha value is -0.470. The maximum atomic E-state index is 11.5. The zero-order valence-electron chi connectivity index (χ0n) is 5.91. The Kier molecular flexibility index (Phi) is 5.08. The Morgan fingerprint density at radius 1 is 1.50 bits per heavy atom. The fraction of sp³-hybridized carbons (Fsp3) is 0.714. The van der Waals surface area contributed by atoms with Crippen LogP contribution < -0.4 is 0 Å². The molecule has 0 radical (unpaired) electrons. The first-order valence-corrected chi connectivity index (χ1v) is 3.25. The van der Waals surface area contributed by atoms with Crippen molar-refractivity contribution in [2.45, 2.75) is 19.8 Å². The van der Waals surface area contributed by atoms with Gasteiger partial charge in [0.25, 0.3) is 6.08 Å². The van der Waals surface area contributed by atoms with E-state index in [0.29, 0.717) is 12.8 Å². The van der Waals surface area contributed by atoms with Crippen LogP contribution in [0.1, 0.15) is 19.8 Å². The second kappa shape index (κ2) is 5.33. The Balaban J connectivity index is 3.43. The van der Waals surface area contributed by atoms with Crippen molar-refractivity contribution in [3.8, 4) is 0 Å². The van der Waals surface area contributed by atoms with E-state index in [1.165, 1.54) is 0 Å². The van der Waals surface area contributed by atoms with Gasteiger partial charge in [-0.25, -0.2) is 0 Å². The summed E-state index contributed by atoms with van der Waals surface area (Å²) in [5.74, 6) is -0.208. The predicted octanol–water partition coefficient (Wildman–Crippen LogP) is 3.15. The van der Waals surface area contributed by atoms with Gasteiger partial charge in [-0.3, -0.25) is 4.39 Å². The molecule has 60 valence electrons. The summed E-state index contributed by atoms with van der Waals surface area (Å²) in [5, 5.41) is 0. The van der Waals surface area contributed by atoms with Crippen LogP contribution in [0.5, 0.6) is 0 Å². The van der Waals surface area contributed by atoms with E-state index in [-0.39, 0.29) is 5.92 Å². The highest BCUT2D eigenvalue weighted by Crippen LogP contribution is 2.11. The van der Waals surface area contributed by atoms with Crippen LogP contribution in [0.25, 0.3) is 0 Å². The van der Waals surface area contributed by atoms with Crippen molar-refractivity contribution >= 4 is 0 Å². The molecular weight excluding hydrogens is 141 g/mol. The maximum Gasteiger partial charge on any atom is 0.266 e. The van der Waals surface area contributed by atoms with Gasteiger partial charge in [-0.1, -0.05) is 6.92 Å². The molecule has 3 heteroatoms. The summed E-state index contributed by atoms with van der Waals surface area (Å²) in [4.78, 5) is 0. The van der Waals surface area contributed by atoms with Gasteiger partial charge in [-0.2, -0.15) is 8.78 Å². The summed E-state index contributed by atoms with van der Waals surface area (Å²) < 4.78 is 34.4. The fourth-order valence-electron chi connectivity index (χ4n) is 0.698. The molecule has 0 aliphatic rings. The second-order valence-corrected chi connectivity index (χ2v) is 2.26. The molecular formula is C7H11F3. The van der Waals surface area contributed by atoms with E-state index in [0.717, 1.165) is 6.08 Å². The monoisotopic (exact) mass is 152 g/mol. The number of halogens is 3. The van der Waals surface area contributed by atoms with Gasteiger partial charge in [0.05, 0.1) is 6.67 Å². The van der Waals surface area contributed by atoms with E-state index >= 15 is 0 Å². The molecule has 0 amide bonds. The van der Waals surface area contributed by atoms with Crippen molar-refractivity contribution in [1.82, 2.24) is 0 Å². The van der Waals surface area contributed by atoms with Gasteiger partial charge in [-0.15, -0.1) is 0 Å². The number of alkyl halides is 1. The molecule has 0 aliphatic carbocycles. The van der Waals surface area contributed by atoms with Crippen molar-refractivity contribution in [2.24, 2.45) is 5.92 Å². The zero-order valence-corrected chi connectivity index (χ0v) is 5.91. The van der Waals surface area contributed by atoms with Gasteiger partial charge < -0.3 is 0 Å². The number of hydrogen-bond acceptors (Lipinski definition) is 0. The molecule has 10 heavy (non-hydrogen) atoms. The molecule has 0 spiro atoms. The summed E-state index contributed by atoms with van der Waals surface area (Å²) in [6.07, 6.45) is 0.0420. The van der Waals surface area contributed by atoms with Crippen molar-refractivity contribution in [3.63, 3.8) is 0 Å². The average Bonchev–Trinajstić information content (AvgIpc) is 1.82. The van der Waals surface area contributed by atoms with Crippen LogP contribution >= 0.6 is 0 Å². The van der Waals surface area contributed by atoms with Gasteiger partial charge in [0, 0.05) is 0 Å². The van der Waals surface area contributed by atoms with Crippen molar-refractivity contribution in [3.05, 3.63) is 12.2 Å². The second-order valence-electron chi connectivity index (χ2n) is 2.26. The van der Waals surface area contributed by atoms with Crippen LogP contribution in [0.15, 0.2) is 12.2 Å². The van der Waals surface area contributed by atoms with Gasteiger partial charge >= 0.3 is 0 Å².